The van der Waals surface area contributed by atoms with Crippen LogP contribution in [0.5, 0.6) is 0 Å². The number of hydrazine groups is 1. The third kappa shape index (κ3) is 4.96. The molecule has 0 unspecified atom stereocenters. The second-order valence-electron chi connectivity index (χ2n) is 5.02. The maximum Gasteiger partial charge on any atom is 0.270 e. The van der Waals surface area contributed by atoms with Crippen LogP contribution >= 0.6 is 11.6 Å². The fourth-order valence-electron chi connectivity index (χ4n) is 2.00. The highest BCUT2D eigenvalue weighted by Crippen LogP contribution is 2.07. The molecule has 1 aromatic heterocycles. The van der Waals surface area contributed by atoms with Gasteiger partial charge in [0.2, 0.25) is 0 Å². The van der Waals surface area contributed by atoms with E-state index in [9.17, 15) is 9.59 Å². The summed E-state index contributed by atoms with van der Waals surface area (Å²) in [6.45, 7) is 3.49. The molecule has 1 aliphatic rings. The highest BCUT2D eigenvalue weighted by atomic mass is 35.5. The number of piperazine rings is 1. The van der Waals surface area contributed by atoms with E-state index in [0.717, 1.165) is 26.2 Å². The SMILES string of the molecule is C[NH+]1CCN(NC(=O)CNC(=O)c2cc(Cl)ccn2)CC1. The van der Waals surface area contributed by atoms with Gasteiger partial charge in [0.15, 0.2) is 0 Å². The topological polar surface area (TPSA) is 78.8 Å². The van der Waals surface area contributed by atoms with Crippen LogP contribution in [-0.4, -0.2) is 61.6 Å². The number of nitrogens with zero attached hydrogens (tertiary/aromatic N) is 2. The van der Waals surface area contributed by atoms with Crippen molar-refractivity contribution in [3.8, 4) is 0 Å². The highest BCUT2D eigenvalue weighted by Gasteiger charge is 2.18. The zero-order valence-electron chi connectivity index (χ0n) is 11.9. The number of carbonyl (C=O) groups is 2. The van der Waals surface area contributed by atoms with Gasteiger partial charge < -0.3 is 10.2 Å². The van der Waals surface area contributed by atoms with E-state index in [1.807, 2.05) is 5.01 Å². The van der Waals surface area contributed by atoms with E-state index >= 15 is 0 Å². The lowest BCUT2D eigenvalue weighted by Gasteiger charge is -2.30. The molecule has 0 radical (unpaired) electrons. The molecule has 1 aromatic rings. The maximum absolute atomic E-state index is 11.8. The number of likely N-dealkylation sites (N-methyl/N-ethyl adjacent to an activating group) is 1. The average molecular weight is 313 g/mol. The quantitative estimate of drug-likeness (QED) is 0.621. The molecule has 0 atom stereocenters. The van der Waals surface area contributed by atoms with Gasteiger partial charge in [-0.05, 0) is 12.1 Å². The molecular weight excluding hydrogens is 294 g/mol. The lowest BCUT2D eigenvalue weighted by Crippen LogP contribution is -3.12. The largest absolute Gasteiger partial charge is 0.342 e. The minimum absolute atomic E-state index is 0.0910. The summed E-state index contributed by atoms with van der Waals surface area (Å²) in [7, 11) is 2.12. The Hall–Kier alpha value is -1.70. The number of rotatable bonds is 4. The summed E-state index contributed by atoms with van der Waals surface area (Å²) in [6, 6.07) is 3.04. The summed E-state index contributed by atoms with van der Waals surface area (Å²) in [5.74, 6) is -0.666. The second kappa shape index (κ2) is 7.35. The van der Waals surface area contributed by atoms with Gasteiger partial charge in [0.25, 0.3) is 11.8 Å². The van der Waals surface area contributed by atoms with Gasteiger partial charge in [-0.25, -0.2) is 5.01 Å². The van der Waals surface area contributed by atoms with E-state index < -0.39 is 5.91 Å². The van der Waals surface area contributed by atoms with Crippen LogP contribution in [0.25, 0.3) is 0 Å². The molecule has 2 heterocycles. The molecule has 3 N–H and O–H groups in total. The Balaban J connectivity index is 1.75. The maximum atomic E-state index is 11.8. The second-order valence-corrected chi connectivity index (χ2v) is 5.46. The van der Waals surface area contributed by atoms with Crippen molar-refractivity contribution >= 4 is 23.4 Å². The number of hydrogen-bond acceptors (Lipinski definition) is 4. The Labute approximate surface area is 128 Å². The zero-order valence-corrected chi connectivity index (χ0v) is 12.6. The number of amides is 2. The van der Waals surface area contributed by atoms with Gasteiger partial charge in [0, 0.05) is 11.2 Å². The number of halogens is 1. The Morgan fingerprint density at radius 1 is 1.43 bits per heavy atom. The predicted molar refractivity (Wildman–Crippen MR) is 77.9 cm³/mol. The molecule has 0 aromatic carbocycles. The molecule has 2 rings (SSSR count). The number of pyridine rings is 1. The molecule has 8 heteroatoms. The van der Waals surface area contributed by atoms with Gasteiger partial charge in [-0.2, -0.15) is 0 Å². The Kier molecular flexibility index (Phi) is 5.49. The fourth-order valence-corrected chi connectivity index (χ4v) is 2.16. The van der Waals surface area contributed by atoms with E-state index in [0.29, 0.717) is 5.02 Å². The van der Waals surface area contributed by atoms with Gasteiger partial charge in [0.05, 0.1) is 39.8 Å². The molecule has 1 fully saturated rings. The van der Waals surface area contributed by atoms with Crippen LogP contribution in [-0.2, 0) is 4.79 Å². The first-order valence-corrected chi connectivity index (χ1v) is 7.18. The van der Waals surface area contributed by atoms with Crippen LogP contribution in [0.1, 0.15) is 10.5 Å². The number of hydrogen-bond donors (Lipinski definition) is 3. The van der Waals surface area contributed by atoms with Gasteiger partial charge >= 0.3 is 0 Å². The van der Waals surface area contributed by atoms with Crippen molar-refractivity contribution in [2.45, 2.75) is 0 Å². The summed E-state index contributed by atoms with van der Waals surface area (Å²) < 4.78 is 0. The summed E-state index contributed by atoms with van der Waals surface area (Å²) in [4.78, 5) is 28.9. The molecule has 2 amide bonds. The summed E-state index contributed by atoms with van der Waals surface area (Å²) in [5, 5.41) is 4.82. The van der Waals surface area contributed by atoms with Crippen molar-refractivity contribution in [3.63, 3.8) is 0 Å². The fraction of sp³-hybridized carbons (Fsp3) is 0.462. The van der Waals surface area contributed by atoms with Crippen molar-refractivity contribution in [1.29, 1.82) is 0 Å². The van der Waals surface area contributed by atoms with Gasteiger partial charge in [-0.3, -0.25) is 20.0 Å². The number of quaternary nitrogens is 1. The Morgan fingerprint density at radius 2 is 2.14 bits per heavy atom. The Morgan fingerprint density at radius 3 is 2.81 bits per heavy atom. The summed E-state index contributed by atoms with van der Waals surface area (Å²) >= 11 is 5.78. The smallest absolute Gasteiger partial charge is 0.270 e. The highest BCUT2D eigenvalue weighted by molar-refractivity contribution is 6.30. The summed E-state index contributed by atoms with van der Waals surface area (Å²) in [6.07, 6.45) is 1.45. The molecule has 0 bridgehead atoms. The van der Waals surface area contributed by atoms with Crippen LogP contribution < -0.4 is 15.6 Å². The molecule has 0 saturated carbocycles. The first kappa shape index (κ1) is 15.7. The Bertz CT molecular complexity index is 517. The van der Waals surface area contributed by atoms with Crippen LogP contribution in [0.2, 0.25) is 5.02 Å². The van der Waals surface area contributed by atoms with Crippen molar-refractivity contribution in [1.82, 2.24) is 20.7 Å². The third-order valence-electron chi connectivity index (χ3n) is 3.26. The molecule has 0 spiro atoms. The normalized spacial score (nSPS) is 16.5. The first-order chi connectivity index (χ1) is 10.0. The van der Waals surface area contributed by atoms with Crippen LogP contribution in [0.3, 0.4) is 0 Å². The first-order valence-electron chi connectivity index (χ1n) is 6.80. The molecule has 1 aliphatic heterocycles. The van der Waals surface area contributed by atoms with E-state index in [2.05, 4.69) is 22.8 Å². The summed E-state index contributed by atoms with van der Waals surface area (Å²) in [5.41, 5.74) is 2.97. The molecule has 7 nitrogen and oxygen atoms in total. The lowest BCUT2D eigenvalue weighted by molar-refractivity contribution is -0.884. The lowest BCUT2D eigenvalue weighted by atomic mass is 10.3. The minimum atomic E-state index is -0.421. The van der Waals surface area contributed by atoms with Crippen LogP contribution in [0.15, 0.2) is 18.3 Å². The van der Waals surface area contributed by atoms with Crippen LogP contribution in [0, 0.1) is 0 Å². The van der Waals surface area contributed by atoms with Gasteiger partial charge in [-0.1, -0.05) is 11.6 Å². The van der Waals surface area contributed by atoms with E-state index in [-0.39, 0.29) is 18.1 Å². The predicted octanol–water partition coefficient (Wildman–Crippen LogP) is -1.67. The molecule has 0 aliphatic carbocycles. The van der Waals surface area contributed by atoms with Crippen molar-refractivity contribution in [2.24, 2.45) is 0 Å². The monoisotopic (exact) mass is 312 g/mol. The van der Waals surface area contributed by atoms with E-state index in [1.165, 1.54) is 17.2 Å². The minimum Gasteiger partial charge on any atom is -0.342 e. The van der Waals surface area contributed by atoms with Gasteiger partial charge in [0.1, 0.15) is 5.69 Å². The van der Waals surface area contributed by atoms with Crippen molar-refractivity contribution in [3.05, 3.63) is 29.0 Å². The average Bonchev–Trinajstić information content (AvgIpc) is 2.47. The van der Waals surface area contributed by atoms with E-state index in [4.69, 9.17) is 11.6 Å². The number of carbonyl (C=O) groups excluding carboxylic acids is 2. The van der Waals surface area contributed by atoms with E-state index in [1.54, 1.807) is 6.07 Å². The van der Waals surface area contributed by atoms with Crippen molar-refractivity contribution < 1.29 is 14.5 Å². The number of nitrogens with one attached hydrogen (secondary N) is 3. The van der Waals surface area contributed by atoms with Crippen molar-refractivity contribution in [2.75, 3.05) is 39.8 Å². The third-order valence-corrected chi connectivity index (χ3v) is 3.50. The molecule has 1 saturated heterocycles. The van der Waals surface area contributed by atoms with Gasteiger partial charge in [-0.15, -0.1) is 0 Å². The van der Waals surface area contributed by atoms with Crippen LogP contribution in [0.4, 0.5) is 0 Å². The number of aromatic nitrogens is 1. The molecule has 21 heavy (non-hydrogen) atoms. The molecular formula is C13H19ClN5O2+. The standard InChI is InChI=1S/C13H18ClN5O2/c1-18-4-6-19(7-5-18)17-12(20)9-16-13(21)11-8-10(14)2-3-15-11/h2-3,8H,4-7,9H2,1H3,(H,16,21)(H,17,20)/p+1. The zero-order chi connectivity index (χ0) is 15.2. The molecule has 114 valence electrons.